The molecule has 2 N–H and O–H groups in total. The normalized spacial score (nSPS) is 13.5. The molecule has 6 aromatic carbocycles. The average molecular weight is 512 g/mol. The average Bonchev–Trinajstić information content (AvgIpc) is 3.32. The van der Waals surface area contributed by atoms with Gasteiger partial charge in [-0.05, 0) is 78.4 Å². The Morgan fingerprint density at radius 3 is 1.32 bits per heavy atom. The Hall–Kier alpha value is -4.98. The van der Waals surface area contributed by atoms with Gasteiger partial charge in [0.2, 0.25) is 0 Å². The quantitative estimate of drug-likeness (QED) is 0.245. The first-order chi connectivity index (χ1) is 19.8. The fourth-order valence-electron chi connectivity index (χ4n) is 6.29. The molecule has 0 spiro atoms. The van der Waals surface area contributed by atoms with Crippen molar-refractivity contribution in [3.63, 3.8) is 0 Å². The Morgan fingerprint density at radius 2 is 0.875 bits per heavy atom. The molecule has 0 heterocycles. The van der Waals surface area contributed by atoms with E-state index in [1.54, 1.807) is 0 Å². The number of rotatable bonds is 5. The summed E-state index contributed by atoms with van der Waals surface area (Å²) in [6.45, 7) is 4.03. The lowest BCUT2D eigenvalue weighted by Crippen LogP contribution is -2.11. The lowest BCUT2D eigenvalue weighted by Gasteiger charge is -2.26. The van der Waals surface area contributed by atoms with Crippen molar-refractivity contribution in [2.24, 2.45) is 5.73 Å². The maximum absolute atomic E-state index is 7.27. The van der Waals surface area contributed by atoms with Gasteiger partial charge in [0.1, 0.15) is 0 Å². The Kier molecular flexibility index (Phi) is 6.00. The van der Waals surface area contributed by atoms with Crippen LogP contribution in [0.2, 0.25) is 0 Å². The van der Waals surface area contributed by atoms with Crippen molar-refractivity contribution >= 4 is 6.08 Å². The fourth-order valence-corrected chi connectivity index (χ4v) is 6.29. The van der Waals surface area contributed by atoms with Crippen molar-refractivity contribution in [3.8, 4) is 55.6 Å². The third-order valence-electron chi connectivity index (χ3n) is 8.02. The topological polar surface area (TPSA) is 26.0 Å². The lowest BCUT2D eigenvalue weighted by atomic mass is 9.77. The van der Waals surface area contributed by atoms with Crippen molar-refractivity contribution in [2.45, 2.75) is 6.04 Å². The summed E-state index contributed by atoms with van der Waals surface area (Å²) in [7, 11) is 0. The van der Waals surface area contributed by atoms with Crippen molar-refractivity contribution in [2.75, 3.05) is 0 Å². The molecule has 1 aliphatic carbocycles. The van der Waals surface area contributed by atoms with Gasteiger partial charge in [-0.3, -0.25) is 0 Å². The van der Waals surface area contributed by atoms with Crippen LogP contribution in [0, 0.1) is 0 Å². The molecule has 1 atom stereocenters. The molecule has 1 nitrogen and oxygen atoms in total. The molecular formula is C39H29N. The summed E-state index contributed by atoms with van der Waals surface area (Å²) in [5.41, 5.74) is 22.7. The van der Waals surface area contributed by atoms with E-state index in [-0.39, 0.29) is 6.04 Å². The molecule has 190 valence electrons. The highest BCUT2D eigenvalue weighted by atomic mass is 14.7. The van der Waals surface area contributed by atoms with Gasteiger partial charge in [0.15, 0.2) is 0 Å². The number of hydrogen-bond donors (Lipinski definition) is 1. The zero-order valence-electron chi connectivity index (χ0n) is 22.2. The van der Waals surface area contributed by atoms with E-state index in [1.165, 1.54) is 61.2 Å². The van der Waals surface area contributed by atoms with Gasteiger partial charge < -0.3 is 5.73 Å². The minimum absolute atomic E-state index is 0.269. The van der Waals surface area contributed by atoms with Gasteiger partial charge >= 0.3 is 0 Å². The van der Waals surface area contributed by atoms with Crippen molar-refractivity contribution in [3.05, 3.63) is 163 Å². The highest BCUT2D eigenvalue weighted by molar-refractivity contribution is 6.11. The van der Waals surface area contributed by atoms with Gasteiger partial charge in [0, 0.05) is 0 Å². The van der Waals surface area contributed by atoms with Gasteiger partial charge in [0.25, 0.3) is 0 Å². The Balaban J connectivity index is 1.76. The number of benzene rings is 6. The Labute approximate surface area is 235 Å². The van der Waals surface area contributed by atoms with E-state index in [0.717, 1.165) is 11.1 Å². The Morgan fingerprint density at radius 1 is 0.475 bits per heavy atom. The van der Waals surface area contributed by atoms with Crippen LogP contribution in [0.1, 0.15) is 22.7 Å². The van der Waals surface area contributed by atoms with Gasteiger partial charge in [-0.1, -0.05) is 146 Å². The zero-order valence-corrected chi connectivity index (χ0v) is 22.2. The minimum Gasteiger partial charge on any atom is -0.320 e. The lowest BCUT2D eigenvalue weighted by molar-refractivity contribution is 0.903. The van der Waals surface area contributed by atoms with Crippen LogP contribution in [-0.2, 0) is 0 Å². The predicted molar refractivity (Wildman–Crippen MR) is 170 cm³/mol. The van der Waals surface area contributed by atoms with E-state index < -0.39 is 0 Å². The van der Waals surface area contributed by atoms with Crippen LogP contribution < -0.4 is 5.73 Å². The van der Waals surface area contributed by atoms with Crippen LogP contribution in [0.3, 0.4) is 0 Å². The van der Waals surface area contributed by atoms with E-state index in [2.05, 4.69) is 146 Å². The molecule has 1 unspecified atom stereocenters. The van der Waals surface area contributed by atoms with Crippen LogP contribution in [0.25, 0.3) is 61.7 Å². The van der Waals surface area contributed by atoms with E-state index in [0.29, 0.717) is 0 Å². The van der Waals surface area contributed by atoms with Crippen LogP contribution in [0.4, 0.5) is 0 Å². The number of fused-ring (bicyclic) bond motifs is 3. The third-order valence-corrected chi connectivity index (χ3v) is 8.02. The fraction of sp³-hybridized carbons (Fsp3) is 0.0256. The first-order valence-electron chi connectivity index (χ1n) is 13.7. The molecule has 0 aromatic heterocycles. The number of nitrogens with two attached hydrogens (primary N) is 1. The van der Waals surface area contributed by atoms with Crippen molar-refractivity contribution in [1.82, 2.24) is 0 Å². The van der Waals surface area contributed by atoms with Crippen LogP contribution >= 0.6 is 0 Å². The van der Waals surface area contributed by atoms with E-state index in [1.807, 2.05) is 6.08 Å². The van der Waals surface area contributed by atoms with Gasteiger partial charge in [-0.2, -0.15) is 0 Å². The molecule has 0 saturated carbocycles. The molecule has 0 saturated heterocycles. The minimum atomic E-state index is -0.269. The van der Waals surface area contributed by atoms with E-state index >= 15 is 0 Å². The third kappa shape index (κ3) is 3.83. The monoisotopic (exact) mass is 511 g/mol. The van der Waals surface area contributed by atoms with Gasteiger partial charge in [0.05, 0.1) is 6.04 Å². The molecule has 0 bridgehead atoms. The van der Waals surface area contributed by atoms with Crippen molar-refractivity contribution < 1.29 is 0 Å². The first kappa shape index (κ1) is 24.1. The smallest absolute Gasteiger partial charge is 0.0570 e. The van der Waals surface area contributed by atoms with Crippen LogP contribution in [-0.4, -0.2) is 0 Å². The van der Waals surface area contributed by atoms with E-state index in [4.69, 9.17) is 5.73 Å². The second-order valence-electron chi connectivity index (χ2n) is 10.3. The zero-order chi connectivity index (χ0) is 27.1. The summed E-state index contributed by atoms with van der Waals surface area (Å²) in [6.07, 6.45) is 1.90. The molecule has 0 aliphatic heterocycles. The highest BCUT2D eigenvalue weighted by Crippen LogP contribution is 2.58. The maximum Gasteiger partial charge on any atom is 0.0570 e. The van der Waals surface area contributed by atoms with Crippen LogP contribution in [0.5, 0.6) is 0 Å². The Bertz CT molecular complexity index is 1840. The molecule has 0 fully saturated rings. The summed E-state index contributed by atoms with van der Waals surface area (Å²) in [4.78, 5) is 0. The SMILES string of the molecule is C=Cc1ccc2c(c1)C(N)c1c(-c3ccccc3)c(-c3ccccc3)c(-c3ccccc3)c(-c3ccccc3)c1-2. The standard InChI is InChI=1S/C39H29N/c1-2-26-23-24-31-32(25-26)39(40)38-36(30-21-13-6-14-22-30)34(28-17-9-4-10-18-28)33(27-15-7-3-8-16-27)35(37(31)38)29-19-11-5-12-20-29/h2-25,39H,1,40H2. The molecule has 0 radical (unpaired) electrons. The summed E-state index contributed by atoms with van der Waals surface area (Å²) >= 11 is 0. The predicted octanol–water partition coefficient (Wildman–Crippen LogP) is 10.0. The molecular weight excluding hydrogens is 482 g/mol. The van der Waals surface area contributed by atoms with Gasteiger partial charge in [-0.25, -0.2) is 0 Å². The molecule has 0 amide bonds. The van der Waals surface area contributed by atoms with Crippen LogP contribution in [0.15, 0.2) is 146 Å². The van der Waals surface area contributed by atoms with Gasteiger partial charge in [-0.15, -0.1) is 0 Å². The molecule has 40 heavy (non-hydrogen) atoms. The summed E-state index contributed by atoms with van der Waals surface area (Å²) in [5, 5.41) is 0. The second kappa shape index (κ2) is 9.96. The molecule has 1 aliphatic rings. The summed E-state index contributed by atoms with van der Waals surface area (Å²) < 4.78 is 0. The first-order valence-corrected chi connectivity index (χ1v) is 13.7. The van der Waals surface area contributed by atoms with E-state index in [9.17, 15) is 0 Å². The highest BCUT2D eigenvalue weighted by Gasteiger charge is 2.36. The molecule has 7 rings (SSSR count). The second-order valence-corrected chi connectivity index (χ2v) is 10.3. The molecule has 1 heteroatoms. The summed E-state index contributed by atoms with van der Waals surface area (Å²) in [6, 6.07) is 49.4. The van der Waals surface area contributed by atoms with Crippen molar-refractivity contribution in [1.29, 1.82) is 0 Å². The number of hydrogen-bond acceptors (Lipinski definition) is 1. The maximum atomic E-state index is 7.27. The molecule has 6 aromatic rings. The largest absolute Gasteiger partial charge is 0.320 e. The summed E-state index contributed by atoms with van der Waals surface area (Å²) in [5.74, 6) is 0.